The molecule has 0 atom stereocenters. The van der Waals surface area contributed by atoms with Crippen molar-refractivity contribution < 1.29 is 9.13 Å². The molecule has 0 saturated heterocycles. The normalized spacial score (nSPS) is 9.83. The number of hydrogen-bond donors (Lipinski definition) is 0. The monoisotopic (exact) mass is 241 g/mol. The molecule has 0 aliphatic carbocycles. The average molecular weight is 241 g/mol. The molecule has 0 spiro atoms. The molecule has 0 fully saturated rings. The second-order valence-corrected chi connectivity index (χ2v) is 4.00. The quantitative estimate of drug-likeness (QED) is 0.822. The fourth-order valence-electron chi connectivity index (χ4n) is 1.64. The molecule has 0 aromatic heterocycles. The lowest BCUT2D eigenvalue weighted by Gasteiger charge is -2.08. The van der Waals surface area contributed by atoms with Crippen molar-refractivity contribution in [2.24, 2.45) is 0 Å². The van der Waals surface area contributed by atoms with Crippen LogP contribution in [0.15, 0.2) is 42.5 Å². The van der Waals surface area contributed by atoms with Gasteiger partial charge in [-0.15, -0.1) is 0 Å². The van der Waals surface area contributed by atoms with Crippen LogP contribution in [-0.4, -0.2) is 0 Å². The van der Waals surface area contributed by atoms with E-state index in [9.17, 15) is 4.39 Å². The Bertz CT molecular complexity index is 602. The third-order valence-electron chi connectivity index (χ3n) is 2.58. The maximum absolute atomic E-state index is 13.8. The van der Waals surface area contributed by atoms with E-state index in [-0.39, 0.29) is 12.2 Å². The van der Waals surface area contributed by atoms with Gasteiger partial charge in [-0.2, -0.15) is 5.26 Å². The number of ether oxygens (including phenoxy) is 1. The predicted molar refractivity (Wildman–Crippen MR) is 66.6 cm³/mol. The van der Waals surface area contributed by atoms with Crippen molar-refractivity contribution in [3.05, 3.63) is 65.0 Å². The summed E-state index contributed by atoms with van der Waals surface area (Å²) >= 11 is 0. The molecule has 18 heavy (non-hydrogen) atoms. The number of nitrogens with zero attached hydrogens (tertiary/aromatic N) is 1. The number of halogens is 1. The minimum atomic E-state index is -0.507. The Morgan fingerprint density at radius 1 is 1.22 bits per heavy atom. The van der Waals surface area contributed by atoms with Crippen LogP contribution >= 0.6 is 0 Å². The molecule has 0 heterocycles. The number of hydrogen-bond acceptors (Lipinski definition) is 2. The van der Waals surface area contributed by atoms with Gasteiger partial charge in [0.15, 0.2) is 0 Å². The molecule has 0 amide bonds. The molecule has 90 valence electrons. The molecule has 2 aromatic carbocycles. The van der Waals surface area contributed by atoms with E-state index in [1.165, 1.54) is 6.07 Å². The molecule has 0 aliphatic heterocycles. The SMILES string of the molecule is Cc1cccc(OCc2cccc(C#N)c2F)c1. The minimum absolute atomic E-state index is 0.0420. The zero-order chi connectivity index (χ0) is 13.0. The summed E-state index contributed by atoms with van der Waals surface area (Å²) in [6.07, 6.45) is 0. The summed E-state index contributed by atoms with van der Waals surface area (Å²) in [5.41, 5.74) is 1.51. The van der Waals surface area contributed by atoms with E-state index in [4.69, 9.17) is 10.00 Å². The van der Waals surface area contributed by atoms with E-state index in [0.29, 0.717) is 11.3 Å². The molecule has 0 saturated carbocycles. The summed E-state index contributed by atoms with van der Waals surface area (Å²) in [5, 5.41) is 8.73. The topological polar surface area (TPSA) is 33.0 Å². The van der Waals surface area contributed by atoms with Crippen molar-refractivity contribution in [1.82, 2.24) is 0 Å². The molecule has 3 heteroatoms. The van der Waals surface area contributed by atoms with Crippen LogP contribution < -0.4 is 4.74 Å². The van der Waals surface area contributed by atoms with Crippen LogP contribution in [-0.2, 0) is 6.61 Å². The van der Waals surface area contributed by atoms with Crippen molar-refractivity contribution in [2.75, 3.05) is 0 Å². The summed E-state index contributed by atoms with van der Waals surface area (Å²) < 4.78 is 19.3. The van der Waals surface area contributed by atoms with Crippen LogP contribution in [0.1, 0.15) is 16.7 Å². The maximum Gasteiger partial charge on any atom is 0.147 e. The molecule has 2 rings (SSSR count). The third kappa shape index (κ3) is 2.67. The molecule has 0 unspecified atom stereocenters. The number of benzene rings is 2. The Morgan fingerprint density at radius 2 is 2.00 bits per heavy atom. The van der Waals surface area contributed by atoms with Gasteiger partial charge in [-0.25, -0.2) is 4.39 Å². The van der Waals surface area contributed by atoms with Crippen LogP contribution in [0.4, 0.5) is 4.39 Å². The second kappa shape index (κ2) is 5.33. The van der Waals surface area contributed by atoms with E-state index in [0.717, 1.165) is 5.56 Å². The largest absolute Gasteiger partial charge is 0.489 e. The van der Waals surface area contributed by atoms with Crippen LogP contribution in [0.2, 0.25) is 0 Å². The smallest absolute Gasteiger partial charge is 0.147 e. The highest BCUT2D eigenvalue weighted by Crippen LogP contribution is 2.17. The average Bonchev–Trinajstić information content (AvgIpc) is 2.38. The summed E-state index contributed by atoms with van der Waals surface area (Å²) in [5.74, 6) is 0.185. The van der Waals surface area contributed by atoms with Gasteiger partial charge < -0.3 is 4.74 Å². The fraction of sp³-hybridized carbons (Fsp3) is 0.133. The minimum Gasteiger partial charge on any atom is -0.489 e. The Labute approximate surface area is 105 Å². The van der Waals surface area contributed by atoms with E-state index in [1.807, 2.05) is 37.3 Å². The third-order valence-corrected chi connectivity index (χ3v) is 2.58. The summed E-state index contributed by atoms with van der Waals surface area (Å²) in [6, 6.07) is 14.1. The molecule has 0 radical (unpaired) electrons. The zero-order valence-electron chi connectivity index (χ0n) is 9.98. The molecule has 0 bridgehead atoms. The molecular weight excluding hydrogens is 229 g/mol. The summed E-state index contributed by atoms with van der Waals surface area (Å²) in [6.45, 7) is 2.08. The van der Waals surface area contributed by atoms with E-state index >= 15 is 0 Å². The van der Waals surface area contributed by atoms with Crippen LogP contribution in [0, 0.1) is 24.1 Å². The van der Waals surface area contributed by atoms with E-state index in [1.54, 1.807) is 12.1 Å². The van der Waals surface area contributed by atoms with E-state index < -0.39 is 5.82 Å². The molecule has 2 nitrogen and oxygen atoms in total. The van der Waals surface area contributed by atoms with Crippen LogP contribution in [0.25, 0.3) is 0 Å². The summed E-state index contributed by atoms with van der Waals surface area (Å²) in [7, 11) is 0. The van der Waals surface area contributed by atoms with Gasteiger partial charge in [0.05, 0.1) is 5.56 Å². The second-order valence-electron chi connectivity index (χ2n) is 4.00. The van der Waals surface area contributed by atoms with Gasteiger partial charge in [-0.1, -0.05) is 24.3 Å². The van der Waals surface area contributed by atoms with Gasteiger partial charge in [-0.05, 0) is 30.7 Å². The first-order valence-corrected chi connectivity index (χ1v) is 5.57. The van der Waals surface area contributed by atoms with Gasteiger partial charge in [0, 0.05) is 5.56 Å². The molecule has 2 aromatic rings. The lowest BCUT2D eigenvalue weighted by atomic mass is 10.1. The Hall–Kier alpha value is -2.34. The van der Waals surface area contributed by atoms with Crippen molar-refractivity contribution in [3.8, 4) is 11.8 Å². The first-order chi connectivity index (χ1) is 8.70. The van der Waals surface area contributed by atoms with Gasteiger partial charge in [0.1, 0.15) is 24.2 Å². The van der Waals surface area contributed by atoms with Gasteiger partial charge >= 0.3 is 0 Å². The molecular formula is C15H12FNO. The Morgan fingerprint density at radius 3 is 2.72 bits per heavy atom. The first kappa shape index (κ1) is 12.1. The van der Waals surface area contributed by atoms with Gasteiger partial charge in [0.2, 0.25) is 0 Å². The Balaban J connectivity index is 2.14. The molecule has 0 aliphatic rings. The van der Waals surface area contributed by atoms with E-state index in [2.05, 4.69) is 0 Å². The van der Waals surface area contributed by atoms with Crippen molar-refractivity contribution in [3.63, 3.8) is 0 Å². The van der Waals surface area contributed by atoms with Crippen molar-refractivity contribution in [1.29, 1.82) is 5.26 Å². The van der Waals surface area contributed by atoms with Gasteiger partial charge in [-0.3, -0.25) is 0 Å². The zero-order valence-corrected chi connectivity index (χ0v) is 9.98. The first-order valence-electron chi connectivity index (χ1n) is 5.57. The summed E-state index contributed by atoms with van der Waals surface area (Å²) in [4.78, 5) is 0. The highest BCUT2D eigenvalue weighted by molar-refractivity contribution is 5.35. The van der Waals surface area contributed by atoms with Crippen molar-refractivity contribution >= 4 is 0 Å². The van der Waals surface area contributed by atoms with Crippen LogP contribution in [0.3, 0.4) is 0 Å². The maximum atomic E-state index is 13.8. The number of aryl methyl sites for hydroxylation is 1. The lowest BCUT2D eigenvalue weighted by Crippen LogP contribution is -2.00. The standard InChI is InChI=1S/C15H12FNO/c1-11-4-2-7-14(8-11)18-10-13-6-3-5-12(9-17)15(13)16/h2-8H,10H2,1H3. The number of nitriles is 1. The number of rotatable bonds is 3. The fourth-order valence-corrected chi connectivity index (χ4v) is 1.64. The van der Waals surface area contributed by atoms with Crippen molar-refractivity contribution in [2.45, 2.75) is 13.5 Å². The molecule has 0 N–H and O–H groups in total. The van der Waals surface area contributed by atoms with Gasteiger partial charge in [0.25, 0.3) is 0 Å². The Kier molecular flexibility index (Phi) is 3.59. The highest BCUT2D eigenvalue weighted by Gasteiger charge is 2.07. The highest BCUT2D eigenvalue weighted by atomic mass is 19.1. The lowest BCUT2D eigenvalue weighted by molar-refractivity contribution is 0.299. The predicted octanol–water partition coefficient (Wildman–Crippen LogP) is 3.58. The van der Waals surface area contributed by atoms with Crippen LogP contribution in [0.5, 0.6) is 5.75 Å².